The van der Waals surface area contributed by atoms with Gasteiger partial charge in [-0.05, 0) is 31.4 Å². The van der Waals surface area contributed by atoms with Crippen molar-refractivity contribution in [3.63, 3.8) is 0 Å². The van der Waals surface area contributed by atoms with Crippen LogP contribution in [-0.2, 0) is 4.79 Å². The minimum absolute atomic E-state index is 0.0522. The number of hydrogen-bond donors (Lipinski definition) is 1. The smallest absolute Gasteiger partial charge is 0.306 e. The summed E-state index contributed by atoms with van der Waals surface area (Å²) in [5.74, 6) is -0.555. The van der Waals surface area contributed by atoms with Crippen molar-refractivity contribution >= 4 is 22.5 Å². The fourth-order valence-electron chi connectivity index (χ4n) is 4.13. The van der Waals surface area contributed by atoms with Crippen LogP contribution in [0.2, 0.25) is 0 Å². The Hall–Kier alpha value is -3.61. The van der Waals surface area contributed by atoms with E-state index in [9.17, 15) is 14.7 Å². The van der Waals surface area contributed by atoms with Crippen LogP contribution < -0.4 is 5.56 Å². The third kappa shape index (κ3) is 2.95. The number of nitrogens with zero attached hydrogens (tertiary/aromatic N) is 4. The van der Waals surface area contributed by atoms with Gasteiger partial charge in [0.25, 0.3) is 5.56 Å². The summed E-state index contributed by atoms with van der Waals surface area (Å²) in [6.07, 6.45) is 1.82. The standard InChI is InChI=1S/C22H18N4O3/c27-21-18(13-6-2-1-3-7-13)25-26-19(14-10-11-15(12-14)22(28)29)23-17-9-5-4-8-16(17)20(26)24-21/h1-9,14-15H,10-12H2,(H,28,29)/t14-,15-/m1/s1. The second-order valence-corrected chi connectivity index (χ2v) is 7.40. The van der Waals surface area contributed by atoms with Gasteiger partial charge in [-0.1, -0.05) is 42.5 Å². The van der Waals surface area contributed by atoms with Crippen LogP contribution in [-0.4, -0.2) is 30.7 Å². The van der Waals surface area contributed by atoms with Crippen LogP contribution in [0.3, 0.4) is 0 Å². The highest BCUT2D eigenvalue weighted by Gasteiger charge is 2.33. The van der Waals surface area contributed by atoms with Crippen LogP contribution in [0, 0.1) is 5.92 Å². The number of hydrogen-bond acceptors (Lipinski definition) is 5. The van der Waals surface area contributed by atoms with Crippen molar-refractivity contribution in [1.82, 2.24) is 19.6 Å². The lowest BCUT2D eigenvalue weighted by molar-refractivity contribution is -0.141. The van der Waals surface area contributed by atoms with Crippen LogP contribution in [0.4, 0.5) is 0 Å². The van der Waals surface area contributed by atoms with Crippen molar-refractivity contribution < 1.29 is 9.90 Å². The van der Waals surface area contributed by atoms with E-state index in [0.29, 0.717) is 36.3 Å². The fraction of sp³-hybridized carbons (Fsp3) is 0.227. The van der Waals surface area contributed by atoms with Crippen molar-refractivity contribution in [2.75, 3.05) is 0 Å². The zero-order valence-corrected chi connectivity index (χ0v) is 15.5. The molecule has 0 spiro atoms. The molecule has 0 amide bonds. The van der Waals surface area contributed by atoms with Gasteiger partial charge in [-0.25, -0.2) is 4.98 Å². The lowest BCUT2D eigenvalue weighted by Gasteiger charge is -2.15. The van der Waals surface area contributed by atoms with Crippen LogP contribution in [0.15, 0.2) is 59.4 Å². The number of carboxylic acid groups (broad SMARTS) is 1. The topological polar surface area (TPSA) is 97.5 Å². The van der Waals surface area contributed by atoms with E-state index in [1.807, 2.05) is 54.6 Å². The fourth-order valence-corrected chi connectivity index (χ4v) is 4.13. The third-order valence-corrected chi connectivity index (χ3v) is 5.60. The molecule has 29 heavy (non-hydrogen) atoms. The summed E-state index contributed by atoms with van der Waals surface area (Å²) in [6, 6.07) is 16.7. The first-order chi connectivity index (χ1) is 14.1. The summed E-state index contributed by atoms with van der Waals surface area (Å²) in [6.45, 7) is 0. The first kappa shape index (κ1) is 17.5. The van der Waals surface area contributed by atoms with Gasteiger partial charge in [-0.3, -0.25) is 9.59 Å². The van der Waals surface area contributed by atoms with Crippen molar-refractivity contribution in [3.05, 3.63) is 70.8 Å². The van der Waals surface area contributed by atoms with Crippen LogP contribution >= 0.6 is 0 Å². The van der Waals surface area contributed by atoms with Gasteiger partial charge in [0.2, 0.25) is 0 Å². The number of carbonyl (C=O) groups is 1. The number of rotatable bonds is 3. The molecule has 2 atom stereocenters. The van der Waals surface area contributed by atoms with Gasteiger partial charge in [0, 0.05) is 16.9 Å². The summed E-state index contributed by atoms with van der Waals surface area (Å²) < 4.78 is 1.64. The summed E-state index contributed by atoms with van der Waals surface area (Å²) in [5, 5.41) is 14.8. The molecule has 4 aromatic rings. The number of aliphatic carboxylic acids is 1. The highest BCUT2D eigenvalue weighted by atomic mass is 16.4. The summed E-state index contributed by atoms with van der Waals surface area (Å²) in [4.78, 5) is 33.4. The molecular formula is C22H18N4O3. The Morgan fingerprint density at radius 1 is 1.00 bits per heavy atom. The Morgan fingerprint density at radius 3 is 2.52 bits per heavy atom. The first-order valence-electron chi connectivity index (χ1n) is 9.60. The molecule has 2 heterocycles. The number of fused-ring (bicyclic) bond motifs is 3. The Morgan fingerprint density at radius 2 is 1.76 bits per heavy atom. The van der Waals surface area contributed by atoms with Crippen molar-refractivity contribution in [3.8, 4) is 11.3 Å². The zero-order valence-electron chi connectivity index (χ0n) is 15.5. The highest BCUT2D eigenvalue weighted by Crippen LogP contribution is 2.38. The number of para-hydroxylation sites is 1. The van der Waals surface area contributed by atoms with E-state index in [0.717, 1.165) is 10.9 Å². The molecule has 0 unspecified atom stereocenters. The molecule has 0 aliphatic heterocycles. The Balaban J connectivity index is 1.78. The lowest BCUT2D eigenvalue weighted by atomic mass is 10.0. The molecule has 7 heteroatoms. The molecule has 1 fully saturated rings. The normalized spacial score (nSPS) is 19.0. The van der Waals surface area contributed by atoms with Crippen molar-refractivity contribution in [1.29, 1.82) is 0 Å². The Labute approximate surface area is 165 Å². The summed E-state index contributed by atoms with van der Waals surface area (Å²) >= 11 is 0. The summed E-state index contributed by atoms with van der Waals surface area (Å²) in [5.41, 5.74) is 1.73. The quantitative estimate of drug-likeness (QED) is 0.543. The molecule has 144 valence electrons. The molecule has 1 saturated carbocycles. The minimum Gasteiger partial charge on any atom is -0.481 e. The molecule has 0 radical (unpaired) electrons. The molecule has 0 bridgehead atoms. The largest absolute Gasteiger partial charge is 0.481 e. The van der Waals surface area contributed by atoms with Gasteiger partial charge < -0.3 is 5.11 Å². The Kier molecular flexibility index (Phi) is 4.08. The van der Waals surface area contributed by atoms with E-state index in [4.69, 9.17) is 4.98 Å². The average molecular weight is 386 g/mol. The monoisotopic (exact) mass is 386 g/mol. The maximum absolute atomic E-state index is 12.8. The van der Waals surface area contributed by atoms with E-state index >= 15 is 0 Å². The van der Waals surface area contributed by atoms with E-state index < -0.39 is 11.5 Å². The minimum atomic E-state index is -0.777. The van der Waals surface area contributed by atoms with Crippen LogP contribution in [0.5, 0.6) is 0 Å². The van der Waals surface area contributed by atoms with Gasteiger partial charge in [0.15, 0.2) is 11.3 Å². The second-order valence-electron chi connectivity index (χ2n) is 7.40. The predicted molar refractivity (Wildman–Crippen MR) is 108 cm³/mol. The zero-order chi connectivity index (χ0) is 20.0. The maximum Gasteiger partial charge on any atom is 0.306 e. The highest BCUT2D eigenvalue weighted by molar-refractivity contribution is 5.91. The van der Waals surface area contributed by atoms with E-state index in [2.05, 4.69) is 10.1 Å². The molecule has 1 aliphatic carbocycles. The molecular weight excluding hydrogens is 368 g/mol. The number of aromatic nitrogens is 4. The van der Waals surface area contributed by atoms with E-state index in [1.54, 1.807) is 4.52 Å². The van der Waals surface area contributed by atoms with Gasteiger partial charge in [-0.2, -0.15) is 14.6 Å². The predicted octanol–water partition coefficient (Wildman–Crippen LogP) is 3.27. The lowest BCUT2D eigenvalue weighted by Crippen LogP contribution is -2.20. The Bertz CT molecular complexity index is 1300. The second kappa shape index (κ2) is 6.77. The van der Waals surface area contributed by atoms with Crippen molar-refractivity contribution in [2.45, 2.75) is 25.2 Å². The van der Waals surface area contributed by atoms with Gasteiger partial charge in [-0.15, -0.1) is 0 Å². The van der Waals surface area contributed by atoms with Gasteiger partial charge >= 0.3 is 5.97 Å². The molecule has 1 aliphatic rings. The van der Waals surface area contributed by atoms with Gasteiger partial charge in [0.05, 0.1) is 11.4 Å². The van der Waals surface area contributed by atoms with Crippen molar-refractivity contribution in [2.24, 2.45) is 5.92 Å². The SMILES string of the molecule is O=C(O)[C@@H]1CC[C@@H](c2nc3ccccc3c3nc(=O)c(-c4ccccc4)nn23)C1. The number of benzene rings is 2. The molecule has 5 rings (SSSR count). The molecule has 0 saturated heterocycles. The van der Waals surface area contributed by atoms with Crippen LogP contribution in [0.1, 0.15) is 31.0 Å². The molecule has 2 aromatic carbocycles. The maximum atomic E-state index is 12.8. The van der Waals surface area contributed by atoms with E-state index in [1.165, 1.54) is 0 Å². The third-order valence-electron chi connectivity index (χ3n) is 5.60. The summed E-state index contributed by atoms with van der Waals surface area (Å²) in [7, 11) is 0. The van der Waals surface area contributed by atoms with Gasteiger partial charge in [0.1, 0.15) is 5.82 Å². The molecule has 7 nitrogen and oxygen atoms in total. The molecule has 2 aromatic heterocycles. The van der Waals surface area contributed by atoms with E-state index in [-0.39, 0.29) is 17.5 Å². The average Bonchev–Trinajstić information content (AvgIpc) is 3.24. The van der Waals surface area contributed by atoms with Crippen LogP contribution in [0.25, 0.3) is 27.8 Å². The molecule has 1 N–H and O–H groups in total. The number of carboxylic acids is 1. The first-order valence-corrected chi connectivity index (χ1v) is 9.60.